The predicted octanol–water partition coefficient (Wildman–Crippen LogP) is 4.06. The molecule has 3 aromatic carbocycles. The molecule has 1 aliphatic rings. The topological polar surface area (TPSA) is 95.9 Å². The summed E-state index contributed by atoms with van der Waals surface area (Å²) >= 11 is 5.98. The first-order valence-corrected chi connectivity index (χ1v) is 13.6. The highest BCUT2D eigenvalue weighted by molar-refractivity contribution is 7.92. The molecule has 3 aromatic rings. The molecule has 0 amide bonds. The number of aliphatic carboxylic acids is 1. The van der Waals surface area contributed by atoms with E-state index in [9.17, 15) is 18.3 Å². The maximum Gasteiger partial charge on any atom is 0.307 e. The van der Waals surface area contributed by atoms with E-state index >= 15 is 0 Å². The van der Waals surface area contributed by atoms with Gasteiger partial charge in [-0.05, 0) is 48.4 Å². The second-order valence-electron chi connectivity index (χ2n) is 8.92. The molecule has 36 heavy (non-hydrogen) atoms. The fourth-order valence-corrected chi connectivity index (χ4v) is 6.10. The molecule has 1 aliphatic heterocycles. The fourth-order valence-electron chi connectivity index (χ4n) is 4.24. The van der Waals surface area contributed by atoms with E-state index in [0.29, 0.717) is 49.1 Å². The molecule has 0 aromatic heterocycles. The summed E-state index contributed by atoms with van der Waals surface area (Å²) in [5.41, 5.74) is 3.30. The highest BCUT2D eigenvalue weighted by Gasteiger charge is 2.35. The summed E-state index contributed by atoms with van der Waals surface area (Å²) in [6, 6.07) is 19.5. The number of ether oxygens (including phenoxy) is 1. The highest BCUT2D eigenvalue weighted by atomic mass is 35.5. The molecule has 0 aliphatic carbocycles. The number of halogens is 1. The van der Waals surface area contributed by atoms with Crippen LogP contribution in [0.4, 0.5) is 0 Å². The van der Waals surface area contributed by atoms with Gasteiger partial charge in [-0.15, -0.1) is 0 Å². The lowest BCUT2D eigenvalue weighted by atomic mass is 10.1. The van der Waals surface area contributed by atoms with E-state index in [1.165, 1.54) is 0 Å². The normalized spacial score (nSPS) is 16.6. The van der Waals surface area contributed by atoms with Gasteiger partial charge in [0.25, 0.3) is 0 Å². The molecule has 0 spiro atoms. The molecule has 9 heteroatoms. The number of nitrogens with one attached hydrogen (secondary N) is 1. The number of carboxylic acid groups (broad SMARTS) is 1. The lowest BCUT2D eigenvalue weighted by Gasteiger charge is -2.36. The lowest BCUT2D eigenvalue weighted by Crippen LogP contribution is -2.54. The minimum absolute atomic E-state index is 0.128. The molecule has 0 radical (unpaired) electrons. The van der Waals surface area contributed by atoms with Gasteiger partial charge >= 0.3 is 5.97 Å². The van der Waals surface area contributed by atoms with Crippen LogP contribution in [0.1, 0.15) is 22.3 Å². The van der Waals surface area contributed by atoms with Crippen molar-refractivity contribution in [3.63, 3.8) is 0 Å². The van der Waals surface area contributed by atoms with Crippen molar-refractivity contribution in [2.45, 2.75) is 36.8 Å². The Kier molecular flexibility index (Phi) is 8.31. The Balaban J connectivity index is 1.61. The molecule has 190 valence electrons. The average molecular weight is 529 g/mol. The SMILES string of the molecule is Cc1ccc(S(=O)(=O)C2CNCCN2Cc2cc(CC(=O)O)ccc2OCc2ccc(Cl)cc2)cc1. The van der Waals surface area contributed by atoms with Crippen LogP contribution >= 0.6 is 11.6 Å². The molecule has 7 nitrogen and oxygen atoms in total. The van der Waals surface area contributed by atoms with E-state index in [-0.39, 0.29) is 11.3 Å². The third kappa shape index (κ3) is 6.44. The van der Waals surface area contributed by atoms with Crippen LogP contribution < -0.4 is 10.1 Å². The highest BCUT2D eigenvalue weighted by Crippen LogP contribution is 2.28. The zero-order valence-corrected chi connectivity index (χ0v) is 21.6. The molecule has 1 unspecified atom stereocenters. The maximum absolute atomic E-state index is 13.5. The van der Waals surface area contributed by atoms with Crippen molar-refractivity contribution in [1.29, 1.82) is 0 Å². The lowest BCUT2D eigenvalue weighted by molar-refractivity contribution is -0.136. The van der Waals surface area contributed by atoms with Gasteiger partial charge in [0.15, 0.2) is 9.84 Å². The smallest absolute Gasteiger partial charge is 0.307 e. The van der Waals surface area contributed by atoms with E-state index in [1.807, 2.05) is 24.0 Å². The van der Waals surface area contributed by atoms with Crippen molar-refractivity contribution in [3.8, 4) is 5.75 Å². The van der Waals surface area contributed by atoms with Gasteiger partial charge in [-0.2, -0.15) is 0 Å². The van der Waals surface area contributed by atoms with Crippen LogP contribution in [0.5, 0.6) is 5.75 Å². The van der Waals surface area contributed by atoms with E-state index in [2.05, 4.69) is 5.32 Å². The van der Waals surface area contributed by atoms with Gasteiger partial charge in [-0.3, -0.25) is 9.69 Å². The van der Waals surface area contributed by atoms with Crippen molar-refractivity contribution in [2.24, 2.45) is 0 Å². The number of rotatable bonds is 9. The van der Waals surface area contributed by atoms with Crippen LogP contribution in [0.2, 0.25) is 5.02 Å². The molecule has 1 fully saturated rings. The second kappa shape index (κ2) is 11.4. The predicted molar refractivity (Wildman–Crippen MR) is 139 cm³/mol. The molecule has 2 N–H and O–H groups in total. The Bertz CT molecular complexity index is 1310. The first kappa shape index (κ1) is 26.2. The van der Waals surface area contributed by atoms with Gasteiger partial charge in [0, 0.05) is 36.8 Å². The van der Waals surface area contributed by atoms with E-state index in [4.69, 9.17) is 16.3 Å². The Morgan fingerprint density at radius 2 is 1.78 bits per heavy atom. The van der Waals surface area contributed by atoms with Crippen LogP contribution in [0.25, 0.3) is 0 Å². The third-order valence-electron chi connectivity index (χ3n) is 6.17. The van der Waals surface area contributed by atoms with Gasteiger partial charge < -0.3 is 15.2 Å². The van der Waals surface area contributed by atoms with E-state index in [1.54, 1.807) is 54.6 Å². The molecule has 1 atom stereocenters. The number of piperazine rings is 1. The van der Waals surface area contributed by atoms with Crippen molar-refractivity contribution >= 4 is 27.4 Å². The minimum Gasteiger partial charge on any atom is -0.489 e. The summed E-state index contributed by atoms with van der Waals surface area (Å²) in [6.45, 7) is 3.99. The standard InChI is InChI=1S/C27H29ClN2O5S/c1-19-2-9-24(10-3-19)36(33,34)26-16-29-12-13-30(26)17-22-14-21(15-27(31)32)6-11-25(22)35-18-20-4-7-23(28)8-5-20/h2-11,14,26,29H,12-13,15-18H2,1H3,(H,31,32). The summed E-state index contributed by atoms with van der Waals surface area (Å²) in [5, 5.41) is 12.4. The van der Waals surface area contributed by atoms with Crippen LogP contribution in [0.15, 0.2) is 71.6 Å². The van der Waals surface area contributed by atoms with Crippen LogP contribution in [-0.2, 0) is 34.2 Å². The molecule has 0 saturated carbocycles. The first-order chi connectivity index (χ1) is 17.2. The number of carbonyl (C=O) groups is 1. The number of benzene rings is 3. The van der Waals surface area contributed by atoms with E-state index in [0.717, 1.165) is 16.7 Å². The number of nitrogens with zero attached hydrogens (tertiary/aromatic N) is 1. The Labute approximate surface area is 216 Å². The van der Waals surface area contributed by atoms with Gasteiger partial charge in [0.05, 0.1) is 11.3 Å². The van der Waals surface area contributed by atoms with E-state index < -0.39 is 21.2 Å². The van der Waals surface area contributed by atoms with Crippen LogP contribution in [0.3, 0.4) is 0 Å². The Hall–Kier alpha value is -2.91. The number of sulfone groups is 1. The van der Waals surface area contributed by atoms with Crippen molar-refractivity contribution < 1.29 is 23.1 Å². The molecule has 1 saturated heterocycles. The molecule has 4 rings (SSSR count). The summed E-state index contributed by atoms with van der Waals surface area (Å²) in [7, 11) is -3.63. The van der Waals surface area contributed by atoms with Crippen LogP contribution in [-0.4, -0.2) is 49.4 Å². The summed E-state index contributed by atoms with van der Waals surface area (Å²) in [6.07, 6.45) is -0.128. The van der Waals surface area contributed by atoms with Crippen LogP contribution in [0, 0.1) is 6.92 Å². The molecule has 0 bridgehead atoms. The monoisotopic (exact) mass is 528 g/mol. The number of hydrogen-bond acceptors (Lipinski definition) is 6. The van der Waals surface area contributed by atoms with Crippen molar-refractivity contribution in [2.75, 3.05) is 19.6 Å². The number of hydrogen-bond donors (Lipinski definition) is 2. The summed E-state index contributed by atoms with van der Waals surface area (Å²) in [4.78, 5) is 13.5. The van der Waals surface area contributed by atoms with Gasteiger partial charge in [-0.1, -0.05) is 53.6 Å². The van der Waals surface area contributed by atoms with Gasteiger partial charge in [-0.25, -0.2) is 8.42 Å². The first-order valence-electron chi connectivity index (χ1n) is 11.7. The largest absolute Gasteiger partial charge is 0.489 e. The number of aryl methyl sites for hydroxylation is 1. The summed E-state index contributed by atoms with van der Waals surface area (Å²) < 4.78 is 33.2. The Morgan fingerprint density at radius 3 is 2.47 bits per heavy atom. The average Bonchev–Trinajstić information content (AvgIpc) is 2.85. The molecular weight excluding hydrogens is 500 g/mol. The third-order valence-corrected chi connectivity index (χ3v) is 8.53. The quantitative estimate of drug-likeness (QED) is 0.432. The summed E-state index contributed by atoms with van der Waals surface area (Å²) in [5.74, 6) is -0.345. The fraction of sp³-hybridized carbons (Fsp3) is 0.296. The number of carboxylic acids is 1. The zero-order chi connectivity index (χ0) is 25.7. The maximum atomic E-state index is 13.5. The van der Waals surface area contributed by atoms with Crippen molar-refractivity contribution in [1.82, 2.24) is 10.2 Å². The minimum atomic E-state index is -3.63. The Morgan fingerprint density at radius 1 is 1.08 bits per heavy atom. The zero-order valence-electron chi connectivity index (χ0n) is 20.0. The van der Waals surface area contributed by atoms with Crippen molar-refractivity contribution in [3.05, 3.63) is 94.0 Å². The molecule has 1 heterocycles. The molecular formula is C27H29ClN2O5S. The second-order valence-corrected chi connectivity index (χ2v) is 11.5. The van der Waals surface area contributed by atoms with Gasteiger partial charge in [0.2, 0.25) is 0 Å². The van der Waals surface area contributed by atoms with Gasteiger partial charge in [0.1, 0.15) is 17.7 Å².